The maximum Gasteiger partial charge on any atom is 0.240 e. The number of benzene rings is 2. The van der Waals surface area contributed by atoms with Gasteiger partial charge in [0.05, 0.1) is 9.79 Å². The van der Waals surface area contributed by atoms with Gasteiger partial charge in [-0.2, -0.15) is 0 Å². The Kier molecular flexibility index (Phi) is 5.00. The second-order valence-corrected chi connectivity index (χ2v) is 8.66. The van der Waals surface area contributed by atoms with Gasteiger partial charge in [-0.05, 0) is 30.2 Å². The molecule has 0 aliphatic rings. The Bertz CT molecular complexity index is 844. The third-order valence-corrected chi connectivity index (χ3v) is 5.66. The standard InChI is InChI=1S/C15H17NO4S2/c1-21(17,18)14-8-5-9-15(12-14)22(19,20)16-11-10-13-6-3-2-4-7-13/h2-9,12,16H,10-11H2,1H3. The van der Waals surface area contributed by atoms with Crippen LogP contribution in [0.3, 0.4) is 0 Å². The van der Waals surface area contributed by atoms with E-state index >= 15 is 0 Å². The zero-order valence-corrected chi connectivity index (χ0v) is 13.7. The molecule has 0 unspecified atom stereocenters. The molecule has 0 radical (unpaired) electrons. The van der Waals surface area contributed by atoms with Gasteiger partial charge in [0.2, 0.25) is 10.0 Å². The van der Waals surface area contributed by atoms with Crippen LogP contribution < -0.4 is 4.72 Å². The predicted molar refractivity (Wildman–Crippen MR) is 84.9 cm³/mol. The molecule has 0 saturated heterocycles. The molecule has 0 atom stereocenters. The summed E-state index contributed by atoms with van der Waals surface area (Å²) in [6.45, 7) is 0.245. The predicted octanol–water partition coefficient (Wildman–Crippen LogP) is 1.61. The van der Waals surface area contributed by atoms with Gasteiger partial charge >= 0.3 is 0 Å². The van der Waals surface area contributed by atoms with Crippen molar-refractivity contribution in [3.63, 3.8) is 0 Å². The van der Waals surface area contributed by atoms with Crippen molar-refractivity contribution in [2.75, 3.05) is 12.8 Å². The number of sulfone groups is 1. The molecule has 2 rings (SSSR count). The Balaban J connectivity index is 2.11. The van der Waals surface area contributed by atoms with E-state index in [-0.39, 0.29) is 16.3 Å². The Labute approximate surface area is 131 Å². The Morgan fingerprint density at radius 1 is 0.864 bits per heavy atom. The van der Waals surface area contributed by atoms with Crippen LogP contribution in [0.2, 0.25) is 0 Å². The minimum atomic E-state index is -3.73. The molecule has 0 heterocycles. The minimum absolute atomic E-state index is 0.0153. The average molecular weight is 339 g/mol. The Morgan fingerprint density at radius 2 is 1.50 bits per heavy atom. The van der Waals surface area contributed by atoms with Crippen molar-refractivity contribution in [1.82, 2.24) is 4.72 Å². The Morgan fingerprint density at radius 3 is 2.14 bits per heavy atom. The lowest BCUT2D eigenvalue weighted by molar-refractivity contribution is 0.581. The lowest BCUT2D eigenvalue weighted by atomic mass is 10.2. The Hall–Kier alpha value is -1.70. The van der Waals surface area contributed by atoms with Crippen LogP contribution in [0.5, 0.6) is 0 Å². The molecule has 0 aliphatic heterocycles. The van der Waals surface area contributed by atoms with Gasteiger partial charge in [0.1, 0.15) is 0 Å². The molecule has 22 heavy (non-hydrogen) atoms. The summed E-state index contributed by atoms with van der Waals surface area (Å²) in [5.74, 6) is 0. The zero-order valence-electron chi connectivity index (χ0n) is 12.1. The molecule has 0 fully saturated rings. The summed E-state index contributed by atoms with van der Waals surface area (Å²) in [7, 11) is -7.17. The first-order valence-corrected chi connectivity index (χ1v) is 10.0. The molecule has 0 aliphatic carbocycles. The van der Waals surface area contributed by atoms with Crippen LogP contribution in [0.1, 0.15) is 5.56 Å². The van der Waals surface area contributed by atoms with Gasteiger partial charge in [-0.1, -0.05) is 36.4 Å². The van der Waals surface area contributed by atoms with E-state index in [0.29, 0.717) is 6.42 Å². The van der Waals surface area contributed by atoms with Crippen LogP contribution in [-0.4, -0.2) is 29.6 Å². The summed E-state index contributed by atoms with van der Waals surface area (Å²) in [6.07, 6.45) is 1.60. The third-order valence-electron chi connectivity index (χ3n) is 3.09. The van der Waals surface area contributed by atoms with E-state index in [1.165, 1.54) is 24.3 Å². The molecule has 0 saturated carbocycles. The highest BCUT2D eigenvalue weighted by atomic mass is 32.2. The van der Waals surface area contributed by atoms with Gasteiger partial charge in [0.15, 0.2) is 9.84 Å². The van der Waals surface area contributed by atoms with Crippen molar-refractivity contribution in [2.45, 2.75) is 16.2 Å². The number of sulfonamides is 1. The van der Waals surface area contributed by atoms with E-state index in [1.54, 1.807) is 0 Å². The molecular formula is C15H17NO4S2. The molecule has 0 spiro atoms. The maximum atomic E-state index is 12.2. The quantitative estimate of drug-likeness (QED) is 0.867. The van der Waals surface area contributed by atoms with E-state index < -0.39 is 19.9 Å². The normalized spacial score (nSPS) is 12.2. The summed E-state index contributed by atoms with van der Waals surface area (Å²) in [5.41, 5.74) is 1.02. The van der Waals surface area contributed by atoms with Crippen LogP contribution >= 0.6 is 0 Å². The van der Waals surface area contributed by atoms with Crippen molar-refractivity contribution in [1.29, 1.82) is 0 Å². The monoisotopic (exact) mass is 339 g/mol. The molecule has 7 heteroatoms. The van der Waals surface area contributed by atoms with E-state index in [1.807, 2.05) is 30.3 Å². The van der Waals surface area contributed by atoms with Crippen molar-refractivity contribution in [3.8, 4) is 0 Å². The van der Waals surface area contributed by atoms with Crippen molar-refractivity contribution in [2.24, 2.45) is 0 Å². The van der Waals surface area contributed by atoms with Crippen molar-refractivity contribution < 1.29 is 16.8 Å². The summed E-state index contributed by atoms with van der Waals surface area (Å²) < 4.78 is 49.9. The number of nitrogens with one attached hydrogen (secondary N) is 1. The van der Waals surface area contributed by atoms with E-state index in [9.17, 15) is 16.8 Å². The van der Waals surface area contributed by atoms with E-state index in [4.69, 9.17) is 0 Å². The molecule has 0 aromatic heterocycles. The van der Waals surface area contributed by atoms with Gasteiger partial charge < -0.3 is 0 Å². The van der Waals surface area contributed by atoms with Crippen LogP contribution in [0.15, 0.2) is 64.4 Å². The van der Waals surface area contributed by atoms with Gasteiger partial charge in [-0.3, -0.25) is 0 Å². The number of hydrogen-bond donors (Lipinski definition) is 1. The topological polar surface area (TPSA) is 80.3 Å². The fourth-order valence-electron chi connectivity index (χ4n) is 1.93. The van der Waals surface area contributed by atoms with Crippen LogP contribution in [0.4, 0.5) is 0 Å². The molecular weight excluding hydrogens is 322 g/mol. The SMILES string of the molecule is CS(=O)(=O)c1cccc(S(=O)(=O)NCCc2ccccc2)c1. The second kappa shape index (κ2) is 6.60. The second-order valence-electron chi connectivity index (χ2n) is 4.88. The average Bonchev–Trinajstić information content (AvgIpc) is 2.47. The highest BCUT2D eigenvalue weighted by Crippen LogP contribution is 2.15. The zero-order chi connectivity index (χ0) is 16.2. The summed E-state index contributed by atoms with van der Waals surface area (Å²) in [5, 5.41) is 0. The van der Waals surface area contributed by atoms with E-state index in [2.05, 4.69) is 4.72 Å². The molecule has 2 aromatic carbocycles. The fourth-order valence-corrected chi connectivity index (χ4v) is 3.75. The van der Waals surface area contributed by atoms with Crippen LogP contribution in [0, 0.1) is 0 Å². The first kappa shape index (κ1) is 16.7. The minimum Gasteiger partial charge on any atom is -0.224 e. The van der Waals surface area contributed by atoms with E-state index in [0.717, 1.165) is 11.8 Å². The summed E-state index contributed by atoms with van der Waals surface area (Å²) in [4.78, 5) is -0.0677. The first-order valence-electron chi connectivity index (χ1n) is 6.63. The van der Waals surface area contributed by atoms with Gasteiger partial charge in [0.25, 0.3) is 0 Å². The largest absolute Gasteiger partial charge is 0.240 e. The van der Waals surface area contributed by atoms with Gasteiger partial charge in [0, 0.05) is 12.8 Å². The highest BCUT2D eigenvalue weighted by Gasteiger charge is 2.16. The maximum absolute atomic E-state index is 12.2. The van der Waals surface area contributed by atoms with Crippen molar-refractivity contribution >= 4 is 19.9 Å². The summed E-state index contributed by atoms with van der Waals surface area (Å²) >= 11 is 0. The van der Waals surface area contributed by atoms with Crippen LogP contribution in [0.25, 0.3) is 0 Å². The molecule has 0 bridgehead atoms. The lowest BCUT2D eigenvalue weighted by Gasteiger charge is -2.08. The third kappa shape index (κ3) is 4.40. The molecule has 0 amide bonds. The van der Waals surface area contributed by atoms with Gasteiger partial charge in [-0.15, -0.1) is 0 Å². The molecule has 5 nitrogen and oxygen atoms in total. The lowest BCUT2D eigenvalue weighted by Crippen LogP contribution is -2.26. The highest BCUT2D eigenvalue weighted by molar-refractivity contribution is 7.91. The first-order chi connectivity index (χ1) is 10.3. The number of rotatable bonds is 6. The molecule has 1 N–H and O–H groups in total. The van der Waals surface area contributed by atoms with Crippen molar-refractivity contribution in [3.05, 3.63) is 60.2 Å². The summed E-state index contributed by atoms with van der Waals surface area (Å²) in [6, 6.07) is 14.8. The smallest absolute Gasteiger partial charge is 0.224 e. The number of hydrogen-bond acceptors (Lipinski definition) is 4. The molecule has 2 aromatic rings. The molecule has 118 valence electrons. The van der Waals surface area contributed by atoms with Crippen LogP contribution in [-0.2, 0) is 26.3 Å². The fraction of sp³-hybridized carbons (Fsp3) is 0.200. The van der Waals surface area contributed by atoms with Gasteiger partial charge in [-0.25, -0.2) is 21.6 Å².